The molecule has 2 aromatic heterocycles. The summed E-state index contributed by atoms with van der Waals surface area (Å²) in [5.41, 5.74) is 5.90. The van der Waals surface area contributed by atoms with Crippen LogP contribution in [0.3, 0.4) is 0 Å². The fourth-order valence-corrected chi connectivity index (χ4v) is 5.63. The highest BCUT2D eigenvalue weighted by atomic mass is 16.6. The number of aromatic nitrogens is 4. The number of hydrogen-bond acceptors (Lipinski definition) is 9. The van der Waals surface area contributed by atoms with Crippen LogP contribution in [0.25, 0.3) is 16.9 Å². The van der Waals surface area contributed by atoms with E-state index in [-0.39, 0.29) is 5.69 Å². The minimum absolute atomic E-state index is 0.0119. The van der Waals surface area contributed by atoms with Crippen molar-refractivity contribution in [3.8, 4) is 5.69 Å². The first-order valence-corrected chi connectivity index (χ1v) is 15.1. The van der Waals surface area contributed by atoms with Gasteiger partial charge in [-0.1, -0.05) is 66.7 Å². The van der Waals surface area contributed by atoms with E-state index in [4.69, 9.17) is 19.7 Å². The molecule has 1 aliphatic rings. The van der Waals surface area contributed by atoms with Gasteiger partial charge in [0.25, 0.3) is 5.69 Å². The van der Waals surface area contributed by atoms with Crippen LogP contribution in [0.5, 0.6) is 0 Å². The van der Waals surface area contributed by atoms with Crippen LogP contribution in [0.15, 0.2) is 116 Å². The summed E-state index contributed by atoms with van der Waals surface area (Å²) in [6.07, 6.45) is 1.64. The van der Waals surface area contributed by atoms with Crippen molar-refractivity contribution in [2.45, 2.75) is 13.1 Å². The Hall–Kier alpha value is -5.81. The molecule has 230 valence electrons. The van der Waals surface area contributed by atoms with Crippen LogP contribution in [0.2, 0.25) is 0 Å². The van der Waals surface area contributed by atoms with Crippen molar-refractivity contribution in [3.05, 3.63) is 137 Å². The molecule has 0 amide bonds. The number of nitrogens with zero attached hydrogens (tertiary/aromatic N) is 7. The van der Waals surface area contributed by atoms with Crippen molar-refractivity contribution >= 4 is 40.0 Å². The standard InChI is InChI=1S/C35H32N8O3/c44-43(45)31-13-7-12-30(22-31)42-25-36-32-33(41(23-26-8-3-1-4-9-26)24-27-10-5-2-6-11-27)38-35(39-34(32)42)37-28-14-16-29(17-15-28)40-18-20-46-21-19-40/h1-17,22,25H,18-21,23-24H2,(H,37,38,39). The quantitative estimate of drug-likeness (QED) is 0.137. The molecule has 0 spiro atoms. The Morgan fingerprint density at radius 2 is 1.48 bits per heavy atom. The Balaban J connectivity index is 1.32. The second kappa shape index (κ2) is 13.0. The Morgan fingerprint density at radius 1 is 0.804 bits per heavy atom. The van der Waals surface area contributed by atoms with E-state index in [2.05, 4.69) is 51.5 Å². The molecule has 1 saturated heterocycles. The lowest BCUT2D eigenvalue weighted by molar-refractivity contribution is -0.384. The minimum atomic E-state index is -0.405. The smallest absolute Gasteiger partial charge is 0.271 e. The monoisotopic (exact) mass is 612 g/mol. The number of non-ortho nitro benzene ring substituents is 1. The zero-order chi connectivity index (χ0) is 31.3. The third kappa shape index (κ3) is 6.35. The summed E-state index contributed by atoms with van der Waals surface area (Å²) in [5, 5.41) is 15.0. The van der Waals surface area contributed by atoms with Gasteiger partial charge in [-0.3, -0.25) is 14.7 Å². The van der Waals surface area contributed by atoms with Crippen molar-refractivity contribution in [2.24, 2.45) is 0 Å². The number of ether oxygens (including phenoxy) is 1. The van der Waals surface area contributed by atoms with Gasteiger partial charge in [-0.05, 0) is 41.5 Å². The Labute approximate surface area is 265 Å². The Morgan fingerprint density at radius 3 is 2.13 bits per heavy atom. The van der Waals surface area contributed by atoms with Gasteiger partial charge in [0.05, 0.1) is 23.8 Å². The topological polar surface area (TPSA) is 114 Å². The van der Waals surface area contributed by atoms with Gasteiger partial charge in [0.2, 0.25) is 5.95 Å². The average Bonchev–Trinajstić information content (AvgIpc) is 3.53. The molecule has 1 aliphatic heterocycles. The van der Waals surface area contributed by atoms with E-state index in [1.807, 2.05) is 48.5 Å². The van der Waals surface area contributed by atoms with Crippen molar-refractivity contribution in [1.29, 1.82) is 0 Å². The summed E-state index contributed by atoms with van der Waals surface area (Å²) in [6, 6.07) is 35.1. The van der Waals surface area contributed by atoms with Crippen LogP contribution >= 0.6 is 0 Å². The van der Waals surface area contributed by atoms with E-state index < -0.39 is 4.92 Å². The highest BCUT2D eigenvalue weighted by Crippen LogP contribution is 2.31. The first-order chi connectivity index (χ1) is 22.6. The number of nitro groups is 1. The third-order valence-electron chi connectivity index (χ3n) is 7.93. The average molecular weight is 613 g/mol. The van der Waals surface area contributed by atoms with Gasteiger partial charge >= 0.3 is 0 Å². The third-order valence-corrected chi connectivity index (χ3v) is 7.93. The van der Waals surface area contributed by atoms with Gasteiger partial charge in [-0.25, -0.2) is 4.98 Å². The van der Waals surface area contributed by atoms with Crippen molar-refractivity contribution in [1.82, 2.24) is 19.5 Å². The minimum Gasteiger partial charge on any atom is -0.378 e. The molecule has 3 heterocycles. The van der Waals surface area contributed by atoms with Gasteiger partial charge in [-0.2, -0.15) is 9.97 Å². The number of nitro benzene ring substituents is 1. The molecule has 0 radical (unpaired) electrons. The summed E-state index contributed by atoms with van der Waals surface area (Å²) in [4.78, 5) is 30.4. The second-order valence-corrected chi connectivity index (χ2v) is 11.0. The number of fused-ring (bicyclic) bond motifs is 1. The van der Waals surface area contributed by atoms with Crippen LogP contribution < -0.4 is 15.1 Å². The van der Waals surface area contributed by atoms with Crippen LogP contribution in [-0.2, 0) is 17.8 Å². The molecule has 1 fully saturated rings. The van der Waals surface area contributed by atoms with E-state index in [1.54, 1.807) is 23.0 Å². The number of rotatable bonds is 10. The molecule has 1 N–H and O–H groups in total. The molecule has 11 nitrogen and oxygen atoms in total. The summed E-state index contributed by atoms with van der Waals surface area (Å²) in [6.45, 7) is 4.32. The fourth-order valence-electron chi connectivity index (χ4n) is 5.63. The summed E-state index contributed by atoms with van der Waals surface area (Å²) in [5.74, 6) is 1.04. The first-order valence-electron chi connectivity index (χ1n) is 15.1. The van der Waals surface area contributed by atoms with Gasteiger partial charge in [0.15, 0.2) is 17.0 Å². The predicted octanol–water partition coefficient (Wildman–Crippen LogP) is 6.51. The zero-order valence-corrected chi connectivity index (χ0v) is 25.1. The number of benzene rings is 4. The Bertz CT molecular complexity index is 1900. The lowest BCUT2D eigenvalue weighted by atomic mass is 10.1. The number of hydrogen-bond donors (Lipinski definition) is 1. The molecule has 6 aromatic rings. The maximum atomic E-state index is 11.6. The Kier molecular flexibility index (Phi) is 8.21. The molecular formula is C35H32N8O3. The van der Waals surface area contributed by atoms with Gasteiger partial charge in [-0.15, -0.1) is 0 Å². The summed E-state index contributed by atoms with van der Waals surface area (Å²) >= 11 is 0. The van der Waals surface area contributed by atoms with Crippen LogP contribution in [0, 0.1) is 10.1 Å². The first kappa shape index (κ1) is 28.9. The van der Waals surface area contributed by atoms with Crippen LogP contribution in [-0.4, -0.2) is 50.7 Å². The fraction of sp³-hybridized carbons (Fsp3) is 0.171. The maximum Gasteiger partial charge on any atom is 0.271 e. The van der Waals surface area contributed by atoms with E-state index >= 15 is 0 Å². The molecule has 11 heteroatoms. The highest BCUT2D eigenvalue weighted by molar-refractivity contribution is 5.86. The van der Waals surface area contributed by atoms with E-state index in [1.165, 1.54) is 12.1 Å². The normalized spacial score (nSPS) is 13.1. The van der Waals surface area contributed by atoms with E-state index in [0.29, 0.717) is 41.7 Å². The lowest BCUT2D eigenvalue weighted by Gasteiger charge is -2.29. The SMILES string of the molecule is O=[N+]([O-])c1cccc(-n2cnc3c(N(Cc4ccccc4)Cc4ccccc4)nc(Nc4ccc(N5CCOCC5)cc4)nc32)c1. The van der Waals surface area contributed by atoms with Gasteiger partial charge < -0.3 is 19.9 Å². The number of nitrogens with one attached hydrogen (secondary N) is 1. The molecule has 0 bridgehead atoms. The van der Waals surface area contributed by atoms with Crippen molar-refractivity contribution in [3.63, 3.8) is 0 Å². The lowest BCUT2D eigenvalue weighted by Crippen LogP contribution is -2.36. The van der Waals surface area contributed by atoms with Crippen LogP contribution in [0.4, 0.5) is 28.8 Å². The molecule has 0 aliphatic carbocycles. The second-order valence-electron chi connectivity index (χ2n) is 11.0. The molecule has 0 unspecified atom stereocenters. The molecule has 0 saturated carbocycles. The number of morpholine rings is 1. The predicted molar refractivity (Wildman–Crippen MR) is 179 cm³/mol. The zero-order valence-electron chi connectivity index (χ0n) is 25.1. The highest BCUT2D eigenvalue weighted by Gasteiger charge is 2.21. The van der Waals surface area contributed by atoms with E-state index in [0.717, 1.165) is 48.8 Å². The summed E-state index contributed by atoms with van der Waals surface area (Å²) < 4.78 is 7.27. The largest absolute Gasteiger partial charge is 0.378 e. The van der Waals surface area contributed by atoms with E-state index in [9.17, 15) is 10.1 Å². The summed E-state index contributed by atoms with van der Waals surface area (Å²) in [7, 11) is 0. The molecule has 4 aromatic carbocycles. The molecule has 46 heavy (non-hydrogen) atoms. The molecule has 7 rings (SSSR count). The van der Waals surface area contributed by atoms with Crippen LogP contribution in [0.1, 0.15) is 11.1 Å². The maximum absolute atomic E-state index is 11.6. The van der Waals surface area contributed by atoms with Gasteiger partial charge in [0, 0.05) is 49.7 Å². The molecule has 0 atom stereocenters. The number of imidazole rings is 1. The van der Waals surface area contributed by atoms with Crippen molar-refractivity contribution < 1.29 is 9.66 Å². The number of anilines is 4. The van der Waals surface area contributed by atoms with Crippen molar-refractivity contribution in [2.75, 3.05) is 41.4 Å². The molecular weight excluding hydrogens is 580 g/mol. The van der Waals surface area contributed by atoms with Gasteiger partial charge in [0.1, 0.15) is 6.33 Å².